The topological polar surface area (TPSA) is 138 Å². The molecule has 8 nitrogen and oxygen atoms in total. The number of pyridine rings is 3. The highest BCUT2D eigenvalue weighted by atomic mass is 16.3. The first-order valence-electron chi connectivity index (χ1n) is 9.67. The highest BCUT2D eigenvalue weighted by Gasteiger charge is 2.43. The van der Waals surface area contributed by atoms with Crippen LogP contribution in [0.5, 0.6) is 0 Å². The molecule has 3 aromatic rings. The van der Waals surface area contributed by atoms with Gasteiger partial charge in [-0.05, 0) is 49.4 Å². The lowest BCUT2D eigenvalue weighted by Crippen LogP contribution is -2.22. The first-order chi connectivity index (χ1) is 14.2. The molecule has 3 aromatic heterocycles. The molecule has 1 aliphatic rings. The van der Waals surface area contributed by atoms with Gasteiger partial charge < -0.3 is 16.2 Å². The van der Waals surface area contributed by atoms with E-state index in [0.29, 0.717) is 35.6 Å². The van der Waals surface area contributed by atoms with Crippen molar-refractivity contribution in [3.8, 4) is 17.3 Å². The van der Waals surface area contributed by atoms with Gasteiger partial charge in [-0.15, -0.1) is 0 Å². The molecule has 1 fully saturated rings. The van der Waals surface area contributed by atoms with Gasteiger partial charge in [-0.2, -0.15) is 5.26 Å². The van der Waals surface area contributed by atoms with Crippen LogP contribution in [-0.2, 0) is 11.2 Å². The molecule has 0 spiro atoms. The lowest BCUT2D eigenvalue weighted by atomic mass is 9.94. The molecule has 0 bridgehead atoms. The van der Waals surface area contributed by atoms with Gasteiger partial charge in [0.05, 0.1) is 29.2 Å². The van der Waals surface area contributed by atoms with E-state index in [0.717, 1.165) is 16.5 Å². The number of nitriles is 1. The zero-order valence-corrected chi connectivity index (χ0v) is 16.8. The van der Waals surface area contributed by atoms with Gasteiger partial charge in [-0.3, -0.25) is 9.78 Å². The summed E-state index contributed by atoms with van der Waals surface area (Å²) in [7, 11) is 0. The summed E-state index contributed by atoms with van der Waals surface area (Å²) in [6, 6.07) is 7.57. The van der Waals surface area contributed by atoms with Crippen LogP contribution in [0.4, 0.5) is 11.6 Å². The van der Waals surface area contributed by atoms with Gasteiger partial charge in [0.25, 0.3) is 0 Å². The van der Waals surface area contributed by atoms with Gasteiger partial charge in [-0.1, -0.05) is 0 Å². The first kappa shape index (κ1) is 19.7. The Balaban J connectivity index is 1.70. The van der Waals surface area contributed by atoms with Crippen LogP contribution < -0.4 is 11.1 Å². The van der Waals surface area contributed by atoms with E-state index in [1.54, 1.807) is 38.5 Å². The van der Waals surface area contributed by atoms with Crippen LogP contribution in [-0.4, -0.2) is 31.6 Å². The summed E-state index contributed by atoms with van der Waals surface area (Å²) in [6.07, 6.45) is 5.98. The van der Waals surface area contributed by atoms with Crippen molar-refractivity contribution in [1.82, 2.24) is 15.0 Å². The van der Waals surface area contributed by atoms with Crippen molar-refractivity contribution < 1.29 is 9.90 Å². The molecule has 4 N–H and O–H groups in total. The van der Waals surface area contributed by atoms with Gasteiger partial charge in [0.2, 0.25) is 5.91 Å². The van der Waals surface area contributed by atoms with Gasteiger partial charge in [0.15, 0.2) is 0 Å². The monoisotopic (exact) mass is 402 g/mol. The van der Waals surface area contributed by atoms with E-state index in [1.807, 2.05) is 12.1 Å². The number of nitrogen functional groups attached to an aromatic ring is 1. The molecule has 8 heteroatoms. The molecule has 2 unspecified atom stereocenters. The minimum atomic E-state index is -0.885. The highest BCUT2D eigenvalue weighted by molar-refractivity contribution is 5.98. The largest absolute Gasteiger partial charge is 0.390 e. The minimum absolute atomic E-state index is 0.199. The van der Waals surface area contributed by atoms with Crippen LogP contribution in [0.15, 0.2) is 36.8 Å². The Morgan fingerprint density at radius 1 is 1.40 bits per heavy atom. The number of fused-ring (bicyclic) bond motifs is 1. The lowest BCUT2D eigenvalue weighted by Gasteiger charge is -2.19. The fourth-order valence-corrected chi connectivity index (χ4v) is 3.50. The van der Waals surface area contributed by atoms with Crippen molar-refractivity contribution in [2.45, 2.75) is 32.3 Å². The zero-order valence-electron chi connectivity index (χ0n) is 16.8. The second kappa shape index (κ2) is 7.35. The SMILES string of the molecule is CC(C)(O)Cc1ccncc1-c1cc2cc(NC(=O)C3CC3C#N)ncc2c(N)n1. The second-order valence-corrected chi connectivity index (χ2v) is 8.27. The summed E-state index contributed by atoms with van der Waals surface area (Å²) >= 11 is 0. The summed E-state index contributed by atoms with van der Waals surface area (Å²) in [4.78, 5) is 25.2. The molecule has 3 heterocycles. The molecule has 0 aliphatic heterocycles. The Morgan fingerprint density at radius 2 is 2.20 bits per heavy atom. The van der Waals surface area contributed by atoms with E-state index >= 15 is 0 Å². The average molecular weight is 402 g/mol. The normalized spacial score (nSPS) is 18.1. The van der Waals surface area contributed by atoms with E-state index in [-0.39, 0.29) is 17.7 Å². The van der Waals surface area contributed by atoms with Crippen molar-refractivity contribution in [1.29, 1.82) is 5.26 Å². The number of anilines is 2. The van der Waals surface area contributed by atoms with Crippen LogP contribution in [0.25, 0.3) is 22.0 Å². The molecule has 0 radical (unpaired) electrons. The Hall–Kier alpha value is -3.57. The molecular formula is C22H22N6O2. The van der Waals surface area contributed by atoms with Gasteiger partial charge in [0, 0.05) is 36.0 Å². The predicted molar refractivity (Wildman–Crippen MR) is 113 cm³/mol. The smallest absolute Gasteiger partial charge is 0.230 e. The number of hydrogen-bond acceptors (Lipinski definition) is 7. The molecule has 1 amide bonds. The molecule has 30 heavy (non-hydrogen) atoms. The van der Waals surface area contributed by atoms with Gasteiger partial charge in [0.1, 0.15) is 11.6 Å². The third-order valence-corrected chi connectivity index (χ3v) is 5.10. The number of carbonyl (C=O) groups excluding carboxylic acids is 1. The van der Waals surface area contributed by atoms with E-state index in [4.69, 9.17) is 11.0 Å². The molecule has 0 saturated heterocycles. The van der Waals surface area contributed by atoms with Crippen molar-refractivity contribution in [3.63, 3.8) is 0 Å². The number of carbonyl (C=O) groups is 1. The summed E-state index contributed by atoms with van der Waals surface area (Å²) in [5.41, 5.74) is 7.60. The lowest BCUT2D eigenvalue weighted by molar-refractivity contribution is -0.117. The number of rotatable bonds is 5. The van der Waals surface area contributed by atoms with Crippen LogP contribution in [0.2, 0.25) is 0 Å². The molecule has 1 aliphatic carbocycles. The van der Waals surface area contributed by atoms with Crippen LogP contribution in [0.1, 0.15) is 25.8 Å². The van der Waals surface area contributed by atoms with E-state index in [1.165, 1.54) is 0 Å². The Bertz CT molecular complexity index is 1180. The van der Waals surface area contributed by atoms with E-state index in [2.05, 4.69) is 26.3 Å². The maximum Gasteiger partial charge on any atom is 0.230 e. The fraction of sp³-hybridized carbons (Fsp3) is 0.318. The number of nitrogens with one attached hydrogen (secondary N) is 1. The second-order valence-electron chi connectivity index (χ2n) is 8.27. The molecule has 2 atom stereocenters. The number of nitrogens with zero attached hydrogens (tertiary/aromatic N) is 4. The summed E-state index contributed by atoms with van der Waals surface area (Å²) in [5, 5.41) is 23.4. The predicted octanol–water partition coefficient (Wildman–Crippen LogP) is 2.69. The maximum absolute atomic E-state index is 12.2. The minimum Gasteiger partial charge on any atom is -0.390 e. The van der Waals surface area contributed by atoms with E-state index < -0.39 is 5.60 Å². The molecule has 1 saturated carbocycles. The van der Waals surface area contributed by atoms with Crippen molar-refractivity contribution in [2.75, 3.05) is 11.1 Å². The third-order valence-electron chi connectivity index (χ3n) is 5.10. The van der Waals surface area contributed by atoms with Crippen molar-refractivity contribution in [2.24, 2.45) is 11.8 Å². The van der Waals surface area contributed by atoms with Crippen molar-refractivity contribution >= 4 is 28.3 Å². The number of hydrogen-bond donors (Lipinski definition) is 3. The van der Waals surface area contributed by atoms with Gasteiger partial charge in [-0.25, -0.2) is 9.97 Å². The molecule has 152 valence electrons. The van der Waals surface area contributed by atoms with E-state index in [9.17, 15) is 9.90 Å². The standard InChI is InChI=1S/C22H22N6O2/c1-22(2,30)8-12-3-4-25-10-16(12)18-6-13-7-19(26-11-17(13)20(24)27-18)28-21(29)15-5-14(15)9-23/h3-4,6-7,10-11,14-15,30H,5,8H2,1-2H3,(H2,24,27)(H,26,28,29). The van der Waals surface area contributed by atoms with Gasteiger partial charge >= 0.3 is 0 Å². The summed E-state index contributed by atoms with van der Waals surface area (Å²) < 4.78 is 0. The van der Waals surface area contributed by atoms with Crippen LogP contribution in [0.3, 0.4) is 0 Å². The highest BCUT2D eigenvalue weighted by Crippen LogP contribution is 2.38. The Kier molecular flexibility index (Phi) is 4.84. The number of aromatic nitrogens is 3. The summed E-state index contributed by atoms with van der Waals surface area (Å²) in [6.45, 7) is 3.49. The third kappa shape index (κ3) is 4.07. The van der Waals surface area contributed by atoms with Crippen molar-refractivity contribution in [3.05, 3.63) is 42.4 Å². The first-order valence-corrected chi connectivity index (χ1v) is 9.67. The average Bonchev–Trinajstić information content (AvgIpc) is 3.47. The molecule has 0 aromatic carbocycles. The number of amides is 1. The fourth-order valence-electron chi connectivity index (χ4n) is 3.50. The Labute approximate surface area is 173 Å². The zero-order chi connectivity index (χ0) is 21.5. The Morgan fingerprint density at radius 3 is 2.90 bits per heavy atom. The van der Waals surface area contributed by atoms with Crippen LogP contribution >= 0.6 is 0 Å². The number of nitrogens with two attached hydrogens (primary N) is 1. The number of aliphatic hydroxyl groups is 1. The molecular weight excluding hydrogens is 380 g/mol. The quantitative estimate of drug-likeness (QED) is 0.596. The maximum atomic E-state index is 12.2. The van der Waals surface area contributed by atoms with Crippen LogP contribution in [0, 0.1) is 23.2 Å². The summed E-state index contributed by atoms with van der Waals surface area (Å²) in [5.74, 6) is 0.0330. The molecule has 4 rings (SSSR count).